The summed E-state index contributed by atoms with van der Waals surface area (Å²) in [6, 6.07) is 0. The Morgan fingerprint density at radius 3 is 2.39 bits per heavy atom. The van der Waals surface area contributed by atoms with E-state index in [0.29, 0.717) is 5.15 Å². The summed E-state index contributed by atoms with van der Waals surface area (Å²) in [5.41, 5.74) is 2.06. The van der Waals surface area contributed by atoms with Crippen molar-refractivity contribution in [1.29, 1.82) is 0 Å². The molecule has 4 heteroatoms. The van der Waals surface area contributed by atoms with E-state index >= 15 is 0 Å². The molecule has 1 N–H and O–H groups in total. The molecule has 1 aromatic heterocycles. The van der Waals surface area contributed by atoms with E-state index in [1.54, 1.807) is 0 Å². The van der Waals surface area contributed by atoms with Gasteiger partial charge in [-0.15, -0.1) is 0 Å². The molecule has 0 saturated heterocycles. The van der Waals surface area contributed by atoms with Crippen LogP contribution in [0.1, 0.15) is 46.0 Å². The number of hydrogen-bond donors (Lipinski definition) is 1. The van der Waals surface area contributed by atoms with E-state index in [1.807, 2.05) is 6.92 Å². The van der Waals surface area contributed by atoms with E-state index in [4.69, 9.17) is 11.6 Å². The maximum absolute atomic E-state index is 6.16. The molecule has 1 rings (SSSR count). The number of anilines is 1. The smallest absolute Gasteiger partial charge is 0.137 e. The fourth-order valence-electron chi connectivity index (χ4n) is 1.35. The topological polar surface area (TPSA) is 37.8 Å². The highest BCUT2D eigenvalue weighted by Crippen LogP contribution is 2.25. The maximum atomic E-state index is 6.16. The van der Waals surface area contributed by atoms with Gasteiger partial charge in [-0.2, -0.15) is 0 Å². The third-order valence-electron chi connectivity index (χ3n) is 2.54. The van der Waals surface area contributed by atoms with Gasteiger partial charge >= 0.3 is 0 Å². The number of allylic oxidation sites excluding steroid dienone is 1. The van der Waals surface area contributed by atoms with Gasteiger partial charge in [0.2, 0.25) is 0 Å². The van der Waals surface area contributed by atoms with E-state index in [0.717, 1.165) is 23.8 Å². The summed E-state index contributed by atoms with van der Waals surface area (Å²) < 4.78 is 0. The molecule has 0 aliphatic heterocycles. The maximum Gasteiger partial charge on any atom is 0.137 e. The molecule has 0 aromatic carbocycles. The largest absolute Gasteiger partial charge is 0.366 e. The SMILES string of the molecule is CC(C)=CCNc1nc(C(C)(C)C)nc(Cl)c1C. The van der Waals surface area contributed by atoms with Gasteiger partial charge in [0.15, 0.2) is 0 Å². The Balaban J connectivity index is 3.03. The first-order valence-electron chi connectivity index (χ1n) is 6.13. The molecule has 0 unspecified atom stereocenters. The van der Waals surface area contributed by atoms with E-state index in [9.17, 15) is 0 Å². The van der Waals surface area contributed by atoms with Gasteiger partial charge in [0.05, 0.1) is 0 Å². The van der Waals surface area contributed by atoms with E-state index in [-0.39, 0.29) is 5.41 Å². The van der Waals surface area contributed by atoms with E-state index in [2.05, 4.69) is 56.0 Å². The predicted octanol–water partition coefficient (Wildman–Crippen LogP) is 4.11. The lowest BCUT2D eigenvalue weighted by Gasteiger charge is -2.19. The van der Waals surface area contributed by atoms with Gasteiger partial charge in [0.1, 0.15) is 16.8 Å². The van der Waals surface area contributed by atoms with Crippen LogP contribution in [0.25, 0.3) is 0 Å². The predicted molar refractivity (Wildman–Crippen MR) is 78.4 cm³/mol. The van der Waals surface area contributed by atoms with E-state index < -0.39 is 0 Å². The summed E-state index contributed by atoms with van der Waals surface area (Å²) in [4.78, 5) is 8.91. The summed E-state index contributed by atoms with van der Waals surface area (Å²) >= 11 is 6.16. The van der Waals surface area contributed by atoms with Crippen LogP contribution < -0.4 is 5.32 Å². The van der Waals surface area contributed by atoms with Crippen LogP contribution >= 0.6 is 11.6 Å². The standard InChI is InChI=1S/C14H22ClN3/c1-9(2)7-8-16-12-10(3)11(15)17-13(18-12)14(4,5)6/h7H,8H2,1-6H3,(H,16,17,18). The van der Waals surface area contributed by atoms with Crippen LogP contribution in [0.15, 0.2) is 11.6 Å². The second kappa shape index (κ2) is 5.70. The molecule has 1 heterocycles. The number of nitrogens with zero attached hydrogens (tertiary/aromatic N) is 2. The number of hydrogen-bond acceptors (Lipinski definition) is 3. The molecule has 0 bridgehead atoms. The Bertz CT molecular complexity index is 455. The first-order chi connectivity index (χ1) is 8.21. The summed E-state index contributed by atoms with van der Waals surface area (Å²) in [5, 5.41) is 3.81. The quantitative estimate of drug-likeness (QED) is 0.661. The van der Waals surface area contributed by atoms with Gasteiger partial charge in [-0.05, 0) is 20.8 Å². The molecule has 100 valence electrons. The van der Waals surface area contributed by atoms with Gasteiger partial charge in [-0.25, -0.2) is 9.97 Å². The van der Waals surface area contributed by atoms with Gasteiger partial charge in [0.25, 0.3) is 0 Å². The lowest BCUT2D eigenvalue weighted by Crippen LogP contribution is -2.18. The van der Waals surface area contributed by atoms with Crippen molar-refractivity contribution in [2.45, 2.75) is 47.0 Å². The Morgan fingerprint density at radius 2 is 1.89 bits per heavy atom. The summed E-state index contributed by atoms with van der Waals surface area (Å²) in [5.74, 6) is 1.58. The summed E-state index contributed by atoms with van der Waals surface area (Å²) in [6.07, 6.45) is 2.12. The molecule has 0 atom stereocenters. The third kappa shape index (κ3) is 3.98. The minimum atomic E-state index is -0.107. The first kappa shape index (κ1) is 15.0. The molecule has 0 aliphatic rings. The van der Waals surface area contributed by atoms with Crippen LogP contribution in [0, 0.1) is 6.92 Å². The monoisotopic (exact) mass is 267 g/mol. The highest BCUT2D eigenvalue weighted by molar-refractivity contribution is 6.30. The van der Waals surface area contributed by atoms with Crippen molar-refractivity contribution >= 4 is 17.4 Å². The zero-order chi connectivity index (χ0) is 13.9. The molecule has 0 spiro atoms. The first-order valence-corrected chi connectivity index (χ1v) is 6.51. The van der Waals surface area contributed by atoms with Gasteiger partial charge in [-0.1, -0.05) is 44.0 Å². The minimum absolute atomic E-state index is 0.107. The molecule has 1 aromatic rings. The molecule has 0 radical (unpaired) electrons. The lowest BCUT2D eigenvalue weighted by atomic mass is 9.95. The normalized spacial score (nSPS) is 11.3. The molecule has 3 nitrogen and oxygen atoms in total. The number of rotatable bonds is 3. The van der Waals surface area contributed by atoms with Crippen molar-refractivity contribution in [3.05, 3.63) is 28.2 Å². The molecule has 18 heavy (non-hydrogen) atoms. The van der Waals surface area contributed by atoms with Crippen molar-refractivity contribution < 1.29 is 0 Å². The van der Waals surface area contributed by atoms with Crippen molar-refractivity contribution in [2.75, 3.05) is 11.9 Å². The van der Waals surface area contributed by atoms with Gasteiger partial charge < -0.3 is 5.32 Å². The second-order valence-corrected chi connectivity index (χ2v) is 6.08. The molecule has 0 fully saturated rings. The highest BCUT2D eigenvalue weighted by atomic mass is 35.5. The fourth-order valence-corrected chi connectivity index (χ4v) is 1.52. The average molecular weight is 268 g/mol. The Labute approximate surface area is 115 Å². The fraction of sp³-hybridized carbons (Fsp3) is 0.571. The van der Waals surface area contributed by atoms with Crippen LogP contribution in [0.2, 0.25) is 5.15 Å². The Morgan fingerprint density at radius 1 is 1.28 bits per heavy atom. The Hall–Kier alpha value is -1.09. The zero-order valence-corrected chi connectivity index (χ0v) is 12.8. The molecule has 0 aliphatic carbocycles. The van der Waals surface area contributed by atoms with Crippen molar-refractivity contribution in [3.8, 4) is 0 Å². The molecule has 0 saturated carbocycles. The van der Waals surface area contributed by atoms with E-state index in [1.165, 1.54) is 5.57 Å². The van der Waals surface area contributed by atoms with Gasteiger partial charge in [0, 0.05) is 17.5 Å². The molecular weight excluding hydrogens is 246 g/mol. The van der Waals surface area contributed by atoms with Crippen molar-refractivity contribution in [1.82, 2.24) is 9.97 Å². The summed E-state index contributed by atoms with van der Waals surface area (Å²) in [7, 11) is 0. The Kier molecular flexibility index (Phi) is 4.74. The third-order valence-corrected chi connectivity index (χ3v) is 2.91. The number of aromatic nitrogens is 2. The lowest BCUT2D eigenvalue weighted by molar-refractivity contribution is 0.545. The summed E-state index contributed by atoms with van der Waals surface area (Å²) in [6.45, 7) is 13.1. The van der Waals surface area contributed by atoms with Crippen LogP contribution in [0.4, 0.5) is 5.82 Å². The molecular formula is C14H22ClN3. The van der Waals surface area contributed by atoms with Crippen molar-refractivity contribution in [2.24, 2.45) is 0 Å². The highest BCUT2D eigenvalue weighted by Gasteiger charge is 2.20. The van der Waals surface area contributed by atoms with Crippen LogP contribution in [0.5, 0.6) is 0 Å². The van der Waals surface area contributed by atoms with Crippen molar-refractivity contribution in [3.63, 3.8) is 0 Å². The minimum Gasteiger partial charge on any atom is -0.366 e. The molecule has 0 amide bonds. The van der Waals surface area contributed by atoms with Gasteiger partial charge in [-0.3, -0.25) is 0 Å². The number of halogens is 1. The van der Waals surface area contributed by atoms with Crippen LogP contribution in [-0.2, 0) is 5.41 Å². The second-order valence-electron chi connectivity index (χ2n) is 5.72. The number of nitrogens with one attached hydrogen (secondary N) is 1. The van der Waals surface area contributed by atoms with Crippen LogP contribution in [0.3, 0.4) is 0 Å². The average Bonchev–Trinajstić information content (AvgIpc) is 2.22. The van der Waals surface area contributed by atoms with Crippen LogP contribution in [-0.4, -0.2) is 16.5 Å². The zero-order valence-electron chi connectivity index (χ0n) is 12.1.